The Morgan fingerprint density at radius 2 is 2.20 bits per heavy atom. The number of nitrogens with zero attached hydrogens (tertiary/aromatic N) is 1. The molecule has 1 aromatic carbocycles. The first-order valence-corrected chi connectivity index (χ1v) is 7.74. The van der Waals surface area contributed by atoms with Gasteiger partial charge in [0.25, 0.3) is 0 Å². The van der Waals surface area contributed by atoms with Crippen LogP contribution in [0.3, 0.4) is 0 Å². The molecule has 0 aliphatic rings. The van der Waals surface area contributed by atoms with Gasteiger partial charge in [0.2, 0.25) is 0 Å². The molecular formula is C14H15BrFN3S. The zero-order valence-corrected chi connectivity index (χ0v) is 13.4. The van der Waals surface area contributed by atoms with Gasteiger partial charge in [0, 0.05) is 24.0 Å². The van der Waals surface area contributed by atoms with Gasteiger partial charge in [-0.3, -0.25) is 5.41 Å². The Morgan fingerprint density at radius 1 is 1.45 bits per heavy atom. The fourth-order valence-corrected chi connectivity index (χ4v) is 3.14. The van der Waals surface area contributed by atoms with Gasteiger partial charge in [0.1, 0.15) is 5.84 Å². The van der Waals surface area contributed by atoms with Crippen LogP contribution < -0.4 is 10.6 Å². The first-order chi connectivity index (χ1) is 9.50. The van der Waals surface area contributed by atoms with E-state index in [0.717, 1.165) is 13.0 Å². The molecule has 6 heteroatoms. The third-order valence-corrected chi connectivity index (χ3v) is 4.75. The average molecular weight is 356 g/mol. The van der Waals surface area contributed by atoms with Crippen molar-refractivity contribution in [2.45, 2.75) is 6.42 Å². The molecule has 1 heterocycles. The third kappa shape index (κ3) is 3.19. The van der Waals surface area contributed by atoms with Crippen LogP contribution in [-0.2, 0) is 6.42 Å². The molecule has 0 saturated heterocycles. The lowest BCUT2D eigenvalue weighted by atomic mass is 10.1. The van der Waals surface area contributed by atoms with Gasteiger partial charge in [0.05, 0.1) is 10.2 Å². The highest BCUT2D eigenvalue weighted by molar-refractivity contribution is 9.10. The van der Waals surface area contributed by atoms with Gasteiger partial charge in [-0.25, -0.2) is 4.39 Å². The predicted molar refractivity (Wildman–Crippen MR) is 86.4 cm³/mol. The molecule has 2 aromatic rings. The standard InChI is InChI=1S/C14H15BrFN3S/c1-19(7-6-9-3-2-8-20-9)11-5-4-10(14(17)18)12(15)13(11)16/h2-5,8H,6-7H2,1H3,(H3,17,18). The van der Waals surface area contributed by atoms with Crippen LogP contribution in [-0.4, -0.2) is 19.4 Å². The Morgan fingerprint density at radius 3 is 2.80 bits per heavy atom. The van der Waals surface area contributed by atoms with Crippen molar-refractivity contribution in [3.63, 3.8) is 0 Å². The molecule has 0 aliphatic carbocycles. The largest absolute Gasteiger partial charge is 0.384 e. The van der Waals surface area contributed by atoms with E-state index in [4.69, 9.17) is 11.1 Å². The smallest absolute Gasteiger partial charge is 0.161 e. The zero-order valence-electron chi connectivity index (χ0n) is 11.0. The Kier molecular flexibility index (Phi) is 4.77. The van der Waals surface area contributed by atoms with Gasteiger partial charge in [-0.1, -0.05) is 6.07 Å². The minimum absolute atomic E-state index is 0.149. The van der Waals surface area contributed by atoms with E-state index in [1.807, 2.05) is 23.4 Å². The van der Waals surface area contributed by atoms with Crippen molar-refractivity contribution in [1.29, 1.82) is 5.41 Å². The van der Waals surface area contributed by atoms with Crippen LogP contribution in [0.4, 0.5) is 10.1 Å². The maximum Gasteiger partial charge on any atom is 0.161 e. The van der Waals surface area contributed by atoms with Crippen LogP contribution in [0.25, 0.3) is 0 Å². The van der Waals surface area contributed by atoms with Gasteiger partial charge >= 0.3 is 0 Å². The summed E-state index contributed by atoms with van der Waals surface area (Å²) >= 11 is 4.87. The highest BCUT2D eigenvalue weighted by Crippen LogP contribution is 2.29. The minimum atomic E-state index is -0.383. The Labute approximate surface area is 129 Å². The van der Waals surface area contributed by atoms with Crippen LogP contribution in [0.15, 0.2) is 34.1 Å². The van der Waals surface area contributed by atoms with E-state index in [-0.39, 0.29) is 16.1 Å². The van der Waals surface area contributed by atoms with Gasteiger partial charge in [-0.15, -0.1) is 11.3 Å². The maximum absolute atomic E-state index is 14.3. The van der Waals surface area contributed by atoms with Crippen molar-refractivity contribution in [1.82, 2.24) is 0 Å². The summed E-state index contributed by atoms with van der Waals surface area (Å²) in [5.74, 6) is -0.532. The number of amidine groups is 1. The number of rotatable bonds is 5. The second-order valence-electron chi connectivity index (χ2n) is 4.42. The molecule has 0 aliphatic heterocycles. The fraction of sp³-hybridized carbons (Fsp3) is 0.214. The zero-order chi connectivity index (χ0) is 14.7. The van der Waals surface area contributed by atoms with Gasteiger partial charge < -0.3 is 10.6 Å². The van der Waals surface area contributed by atoms with Crippen molar-refractivity contribution in [3.8, 4) is 0 Å². The molecule has 0 atom stereocenters. The van der Waals surface area contributed by atoms with Crippen LogP contribution in [0.5, 0.6) is 0 Å². The Hall–Kier alpha value is -1.40. The van der Waals surface area contributed by atoms with Crippen molar-refractivity contribution in [2.24, 2.45) is 5.73 Å². The lowest BCUT2D eigenvalue weighted by Gasteiger charge is -2.21. The number of nitrogen functional groups attached to an aromatic ring is 1. The Balaban J connectivity index is 2.16. The molecule has 0 saturated carbocycles. The molecule has 0 bridgehead atoms. The first kappa shape index (κ1) is 15.0. The predicted octanol–water partition coefficient (Wildman–Crippen LogP) is 3.61. The van der Waals surface area contributed by atoms with Crippen molar-refractivity contribution >= 4 is 38.8 Å². The van der Waals surface area contributed by atoms with Gasteiger partial charge in [0.15, 0.2) is 5.82 Å². The quantitative estimate of drug-likeness (QED) is 0.635. The number of likely N-dealkylation sites (N-methyl/N-ethyl adjacent to an activating group) is 1. The summed E-state index contributed by atoms with van der Waals surface area (Å²) in [6.07, 6.45) is 0.875. The number of hydrogen-bond donors (Lipinski definition) is 2. The number of anilines is 1. The van der Waals surface area contributed by atoms with E-state index in [9.17, 15) is 4.39 Å². The molecule has 3 N–H and O–H groups in total. The number of benzene rings is 1. The van der Waals surface area contributed by atoms with Crippen LogP contribution in [0, 0.1) is 11.2 Å². The average Bonchev–Trinajstić information content (AvgIpc) is 2.92. The Bertz CT molecular complexity index is 613. The summed E-state index contributed by atoms with van der Waals surface area (Å²) in [5.41, 5.74) is 6.28. The molecule has 3 nitrogen and oxygen atoms in total. The summed E-state index contributed by atoms with van der Waals surface area (Å²) in [6, 6.07) is 7.40. The summed E-state index contributed by atoms with van der Waals surface area (Å²) in [4.78, 5) is 3.14. The second kappa shape index (κ2) is 6.37. The van der Waals surface area contributed by atoms with Crippen LogP contribution in [0.2, 0.25) is 0 Å². The molecule has 1 aromatic heterocycles. The topological polar surface area (TPSA) is 53.1 Å². The number of thiophene rings is 1. The number of nitrogens with one attached hydrogen (secondary N) is 1. The number of hydrogen-bond acceptors (Lipinski definition) is 3. The molecule has 0 unspecified atom stereocenters. The summed E-state index contributed by atoms with van der Waals surface area (Å²) in [6.45, 7) is 0.725. The van der Waals surface area contributed by atoms with Crippen molar-refractivity contribution in [2.75, 3.05) is 18.5 Å². The van der Waals surface area contributed by atoms with Crippen LogP contribution in [0.1, 0.15) is 10.4 Å². The lowest BCUT2D eigenvalue weighted by molar-refractivity contribution is 0.615. The van der Waals surface area contributed by atoms with Crippen molar-refractivity contribution in [3.05, 3.63) is 50.4 Å². The highest BCUT2D eigenvalue weighted by atomic mass is 79.9. The number of halogens is 2. The molecule has 2 rings (SSSR count). The van der Waals surface area contributed by atoms with Crippen LogP contribution >= 0.6 is 27.3 Å². The van der Waals surface area contributed by atoms with E-state index in [1.54, 1.807) is 23.5 Å². The molecule has 0 radical (unpaired) electrons. The van der Waals surface area contributed by atoms with E-state index in [0.29, 0.717) is 11.3 Å². The highest BCUT2D eigenvalue weighted by Gasteiger charge is 2.15. The second-order valence-corrected chi connectivity index (χ2v) is 6.25. The van der Waals surface area contributed by atoms with Crippen molar-refractivity contribution < 1.29 is 4.39 Å². The normalized spacial score (nSPS) is 10.6. The van der Waals surface area contributed by atoms with Gasteiger partial charge in [-0.05, 0) is 45.9 Å². The maximum atomic E-state index is 14.3. The molecule has 20 heavy (non-hydrogen) atoms. The fourth-order valence-electron chi connectivity index (χ4n) is 1.90. The summed E-state index contributed by atoms with van der Waals surface area (Å²) in [7, 11) is 1.85. The van der Waals surface area contributed by atoms with Gasteiger partial charge in [-0.2, -0.15) is 0 Å². The van der Waals surface area contributed by atoms with E-state index in [2.05, 4.69) is 22.0 Å². The monoisotopic (exact) mass is 355 g/mol. The summed E-state index contributed by atoms with van der Waals surface area (Å²) in [5, 5.41) is 9.43. The SMILES string of the molecule is CN(CCc1cccs1)c1ccc(C(=N)N)c(Br)c1F. The molecule has 0 amide bonds. The molecule has 106 valence electrons. The molecular weight excluding hydrogens is 341 g/mol. The molecule has 0 spiro atoms. The van der Waals surface area contributed by atoms with E-state index in [1.165, 1.54) is 4.88 Å². The number of nitrogens with two attached hydrogens (primary N) is 1. The van der Waals surface area contributed by atoms with E-state index < -0.39 is 0 Å². The summed E-state index contributed by atoms with van der Waals surface area (Å²) < 4.78 is 14.5. The first-order valence-electron chi connectivity index (χ1n) is 6.06. The lowest BCUT2D eigenvalue weighted by Crippen LogP contribution is -2.22. The van der Waals surface area contributed by atoms with E-state index >= 15 is 0 Å². The third-order valence-electron chi connectivity index (χ3n) is 3.04. The molecule has 0 fully saturated rings. The minimum Gasteiger partial charge on any atom is -0.384 e.